The van der Waals surface area contributed by atoms with Crippen molar-refractivity contribution < 1.29 is 14.6 Å². The highest BCUT2D eigenvalue weighted by Gasteiger charge is 2.45. The zero-order chi connectivity index (χ0) is 11.6. The molecule has 0 aromatic heterocycles. The van der Waals surface area contributed by atoms with Crippen molar-refractivity contribution in [2.45, 2.75) is 39.4 Å². The smallest absolute Gasteiger partial charge is 0.248 e. The van der Waals surface area contributed by atoms with Gasteiger partial charge in [-0.05, 0) is 19.8 Å². The van der Waals surface area contributed by atoms with E-state index in [1.165, 1.54) is 0 Å². The van der Waals surface area contributed by atoms with Crippen LogP contribution in [0.1, 0.15) is 27.7 Å². The lowest BCUT2D eigenvalue weighted by molar-refractivity contribution is -0.168. The Bertz CT molecular complexity index is 232. The summed E-state index contributed by atoms with van der Waals surface area (Å²) in [4.78, 5) is 13.2. The molecule has 88 valence electrons. The molecule has 0 atom stereocenters. The van der Waals surface area contributed by atoms with Crippen LogP contribution < -0.4 is 0 Å². The molecule has 1 aliphatic rings. The van der Waals surface area contributed by atoms with Crippen LogP contribution in [0.4, 0.5) is 0 Å². The average Bonchev–Trinajstić information content (AvgIpc) is 2.08. The van der Waals surface area contributed by atoms with E-state index in [1.54, 1.807) is 4.90 Å². The number of rotatable bonds is 4. The molecule has 1 fully saturated rings. The van der Waals surface area contributed by atoms with E-state index in [1.807, 2.05) is 27.7 Å². The van der Waals surface area contributed by atoms with Gasteiger partial charge in [-0.3, -0.25) is 4.79 Å². The second kappa shape index (κ2) is 4.49. The van der Waals surface area contributed by atoms with Gasteiger partial charge in [0.15, 0.2) is 0 Å². The molecule has 1 saturated heterocycles. The first kappa shape index (κ1) is 12.5. The Morgan fingerprint density at radius 2 is 1.93 bits per heavy atom. The zero-order valence-corrected chi connectivity index (χ0v) is 9.99. The Balaban J connectivity index is 2.29. The maximum Gasteiger partial charge on any atom is 0.248 e. The van der Waals surface area contributed by atoms with Crippen molar-refractivity contribution in [3.63, 3.8) is 0 Å². The Kier molecular flexibility index (Phi) is 3.73. The highest BCUT2D eigenvalue weighted by atomic mass is 16.5. The summed E-state index contributed by atoms with van der Waals surface area (Å²) in [6, 6.07) is 0. The van der Waals surface area contributed by atoms with Crippen LogP contribution >= 0.6 is 0 Å². The number of nitrogens with zero attached hydrogens (tertiary/aromatic N) is 1. The third-order valence-corrected chi connectivity index (χ3v) is 2.90. The van der Waals surface area contributed by atoms with Crippen LogP contribution in [-0.2, 0) is 9.53 Å². The van der Waals surface area contributed by atoms with Gasteiger partial charge in [0.1, 0.15) is 12.2 Å². The lowest BCUT2D eigenvalue weighted by Gasteiger charge is -2.49. The second-order valence-corrected chi connectivity index (χ2v) is 4.87. The van der Waals surface area contributed by atoms with Crippen molar-refractivity contribution >= 4 is 5.91 Å². The number of amides is 1. The molecule has 1 N–H and O–H groups in total. The van der Waals surface area contributed by atoms with E-state index in [2.05, 4.69) is 0 Å². The van der Waals surface area contributed by atoms with Crippen LogP contribution in [0, 0.1) is 5.92 Å². The van der Waals surface area contributed by atoms with Crippen LogP contribution in [0.5, 0.6) is 0 Å². The van der Waals surface area contributed by atoms with Gasteiger partial charge < -0.3 is 14.7 Å². The number of aliphatic hydroxyl groups is 1. The number of carbonyl (C=O) groups excluding carboxylic acids is 1. The maximum atomic E-state index is 11.5. The van der Waals surface area contributed by atoms with Gasteiger partial charge in [-0.15, -0.1) is 0 Å². The van der Waals surface area contributed by atoms with E-state index in [0.717, 1.165) is 0 Å². The van der Waals surface area contributed by atoms with Crippen molar-refractivity contribution in [1.29, 1.82) is 0 Å². The minimum absolute atomic E-state index is 0.0333. The minimum atomic E-state index is -0.687. The summed E-state index contributed by atoms with van der Waals surface area (Å²) in [5, 5.41) is 9.95. The Hall–Kier alpha value is -0.610. The van der Waals surface area contributed by atoms with Crippen molar-refractivity contribution in [2.75, 3.05) is 19.7 Å². The van der Waals surface area contributed by atoms with E-state index in [9.17, 15) is 9.90 Å². The van der Waals surface area contributed by atoms with Crippen molar-refractivity contribution in [3.8, 4) is 0 Å². The molecule has 1 rings (SSSR count). The first-order valence-electron chi connectivity index (χ1n) is 5.47. The topological polar surface area (TPSA) is 49.8 Å². The molecule has 0 unspecified atom stereocenters. The molecule has 0 radical (unpaired) electrons. The van der Waals surface area contributed by atoms with Gasteiger partial charge in [-0.1, -0.05) is 13.8 Å². The predicted octanol–water partition coefficient (Wildman–Crippen LogP) is 0.641. The Labute approximate surface area is 91.2 Å². The van der Waals surface area contributed by atoms with Gasteiger partial charge in [-0.25, -0.2) is 0 Å². The summed E-state index contributed by atoms with van der Waals surface area (Å²) in [5.41, 5.74) is -0.687. The summed E-state index contributed by atoms with van der Waals surface area (Å²) in [6.45, 7) is 8.71. The van der Waals surface area contributed by atoms with Crippen molar-refractivity contribution in [2.24, 2.45) is 5.92 Å². The summed E-state index contributed by atoms with van der Waals surface area (Å²) in [6.07, 6.45) is 0.0687. The molecule has 0 aromatic rings. The van der Waals surface area contributed by atoms with Crippen LogP contribution in [0.2, 0.25) is 0 Å². The predicted molar refractivity (Wildman–Crippen MR) is 57.5 cm³/mol. The van der Waals surface area contributed by atoms with Crippen LogP contribution in [-0.4, -0.2) is 47.3 Å². The second-order valence-electron chi connectivity index (χ2n) is 4.87. The standard InChI is InChI=1S/C11H21NO3/c1-8(2)11(14)6-12(7-11)10(13)5-15-9(3)4/h8-9,14H,5-7H2,1-4H3. The van der Waals surface area contributed by atoms with Crippen LogP contribution in [0.3, 0.4) is 0 Å². The molecular formula is C11H21NO3. The van der Waals surface area contributed by atoms with Gasteiger partial charge >= 0.3 is 0 Å². The zero-order valence-electron chi connectivity index (χ0n) is 9.99. The molecule has 4 heteroatoms. The van der Waals surface area contributed by atoms with E-state index < -0.39 is 5.60 Å². The summed E-state index contributed by atoms with van der Waals surface area (Å²) in [5.74, 6) is 0.154. The van der Waals surface area contributed by atoms with Crippen LogP contribution in [0.15, 0.2) is 0 Å². The van der Waals surface area contributed by atoms with Gasteiger partial charge in [0.25, 0.3) is 0 Å². The SMILES string of the molecule is CC(C)OCC(=O)N1CC(O)(C(C)C)C1. The molecule has 15 heavy (non-hydrogen) atoms. The molecule has 1 amide bonds. The first-order valence-corrected chi connectivity index (χ1v) is 5.47. The number of hydrogen-bond donors (Lipinski definition) is 1. The highest BCUT2D eigenvalue weighted by molar-refractivity contribution is 5.78. The molecule has 1 aliphatic heterocycles. The summed E-state index contributed by atoms with van der Waals surface area (Å²) >= 11 is 0. The quantitative estimate of drug-likeness (QED) is 0.748. The fraction of sp³-hybridized carbons (Fsp3) is 0.909. The van der Waals surface area contributed by atoms with E-state index in [-0.39, 0.29) is 24.5 Å². The van der Waals surface area contributed by atoms with Crippen molar-refractivity contribution in [3.05, 3.63) is 0 Å². The number of likely N-dealkylation sites (tertiary alicyclic amines) is 1. The molecule has 0 bridgehead atoms. The monoisotopic (exact) mass is 215 g/mol. The van der Waals surface area contributed by atoms with Crippen LogP contribution in [0.25, 0.3) is 0 Å². The highest BCUT2D eigenvalue weighted by Crippen LogP contribution is 2.28. The molecule has 4 nitrogen and oxygen atoms in total. The average molecular weight is 215 g/mol. The van der Waals surface area contributed by atoms with Gasteiger partial charge in [0.2, 0.25) is 5.91 Å². The Morgan fingerprint density at radius 1 is 1.40 bits per heavy atom. The van der Waals surface area contributed by atoms with E-state index in [4.69, 9.17) is 4.74 Å². The van der Waals surface area contributed by atoms with Gasteiger partial charge in [0.05, 0.1) is 19.2 Å². The van der Waals surface area contributed by atoms with Gasteiger partial charge in [0, 0.05) is 0 Å². The third kappa shape index (κ3) is 2.92. The largest absolute Gasteiger partial charge is 0.386 e. The first-order chi connectivity index (χ1) is 6.85. The molecule has 0 aliphatic carbocycles. The van der Waals surface area contributed by atoms with E-state index >= 15 is 0 Å². The third-order valence-electron chi connectivity index (χ3n) is 2.90. The fourth-order valence-electron chi connectivity index (χ4n) is 1.49. The summed E-state index contributed by atoms with van der Waals surface area (Å²) in [7, 11) is 0. The number of β-amino-alcohol motifs (C(OH)–C–C–N with tert-alkyl or cyclic N) is 1. The molecule has 1 heterocycles. The molecular weight excluding hydrogens is 194 g/mol. The number of carbonyl (C=O) groups is 1. The molecule has 0 saturated carbocycles. The normalized spacial score (nSPS) is 19.5. The maximum absolute atomic E-state index is 11.5. The summed E-state index contributed by atoms with van der Waals surface area (Å²) < 4.78 is 5.22. The lowest BCUT2D eigenvalue weighted by Crippen LogP contribution is -2.66. The van der Waals surface area contributed by atoms with Crippen molar-refractivity contribution in [1.82, 2.24) is 4.90 Å². The Morgan fingerprint density at radius 3 is 2.33 bits per heavy atom. The number of hydrogen-bond acceptors (Lipinski definition) is 3. The van der Waals surface area contributed by atoms with E-state index in [0.29, 0.717) is 13.1 Å². The lowest BCUT2D eigenvalue weighted by atomic mass is 9.83. The minimum Gasteiger partial charge on any atom is -0.386 e. The fourth-order valence-corrected chi connectivity index (χ4v) is 1.49. The number of ether oxygens (including phenoxy) is 1. The molecule has 0 aromatic carbocycles. The van der Waals surface area contributed by atoms with Gasteiger partial charge in [-0.2, -0.15) is 0 Å². The molecule has 0 spiro atoms.